The fourth-order valence-corrected chi connectivity index (χ4v) is 3.34. The van der Waals surface area contributed by atoms with Gasteiger partial charge < -0.3 is 24.6 Å². The minimum atomic E-state index is 0. The molecule has 0 saturated carbocycles. The monoisotopic (exact) mass is 564 g/mol. The molecule has 0 aliphatic carbocycles. The van der Waals surface area contributed by atoms with Crippen LogP contribution >= 0.6 is 24.0 Å². The second kappa shape index (κ2) is 12.5. The lowest BCUT2D eigenvalue weighted by Crippen LogP contribution is -2.38. The van der Waals surface area contributed by atoms with Crippen LogP contribution in [-0.4, -0.2) is 54.0 Å². The minimum Gasteiger partial charge on any atom is -0.488 e. The lowest BCUT2D eigenvalue weighted by atomic mass is 10.1. The zero-order valence-electron chi connectivity index (χ0n) is 18.8. The molecule has 4 rings (SSSR count). The van der Waals surface area contributed by atoms with Crippen molar-refractivity contribution in [3.63, 3.8) is 0 Å². The highest BCUT2D eigenvalue weighted by molar-refractivity contribution is 14.0. The Kier molecular flexibility index (Phi) is 9.43. The lowest BCUT2D eigenvalue weighted by molar-refractivity contribution is 0.140. The maximum atomic E-state index is 6.17. The van der Waals surface area contributed by atoms with E-state index in [4.69, 9.17) is 14.0 Å². The summed E-state index contributed by atoms with van der Waals surface area (Å²) in [4.78, 5) is 12.9. The van der Waals surface area contributed by atoms with E-state index in [1.807, 2.05) is 18.2 Å². The van der Waals surface area contributed by atoms with Crippen LogP contribution < -0.4 is 15.4 Å². The van der Waals surface area contributed by atoms with E-state index in [-0.39, 0.29) is 30.1 Å². The van der Waals surface area contributed by atoms with Crippen LogP contribution in [0.1, 0.15) is 23.4 Å². The molecule has 9 nitrogen and oxygen atoms in total. The van der Waals surface area contributed by atoms with Gasteiger partial charge in [-0.1, -0.05) is 23.4 Å². The van der Waals surface area contributed by atoms with Crippen LogP contribution in [0.5, 0.6) is 5.75 Å². The molecule has 1 saturated heterocycles. The van der Waals surface area contributed by atoms with Crippen LogP contribution in [0.25, 0.3) is 11.6 Å². The van der Waals surface area contributed by atoms with Gasteiger partial charge in [-0.05, 0) is 30.7 Å². The van der Waals surface area contributed by atoms with E-state index in [1.165, 1.54) is 0 Å². The van der Waals surface area contributed by atoms with E-state index >= 15 is 0 Å². The first-order valence-corrected chi connectivity index (χ1v) is 10.7. The predicted octanol–water partition coefficient (Wildman–Crippen LogP) is 3.13. The van der Waals surface area contributed by atoms with Crippen molar-refractivity contribution in [1.82, 2.24) is 25.8 Å². The van der Waals surface area contributed by atoms with Gasteiger partial charge in [-0.3, -0.25) is 9.98 Å². The van der Waals surface area contributed by atoms with E-state index in [2.05, 4.69) is 55.9 Å². The number of nitrogens with zero attached hydrogens (tertiary/aromatic N) is 4. The molecule has 0 amide bonds. The zero-order valence-corrected chi connectivity index (χ0v) is 21.1. The molecule has 2 aromatic heterocycles. The summed E-state index contributed by atoms with van der Waals surface area (Å²) in [7, 11) is 1.74. The number of ether oxygens (including phenoxy) is 2. The van der Waals surface area contributed by atoms with Gasteiger partial charge in [0.25, 0.3) is 5.89 Å². The molecule has 176 valence electrons. The molecule has 1 aliphatic rings. The number of guanidine groups is 1. The Balaban J connectivity index is 0.00000306. The number of aliphatic imine (C=N–C) groups is 1. The molecular weight excluding hydrogens is 535 g/mol. The standard InChI is InChI=1S/C23H28N6O3.HI/c1-16-6-7-17(20(13-16)31-18-9-12-30-15-18)14-27-23(24-2)26-11-8-21-28-22(32-29-21)19-5-3-4-10-25-19;/h3-7,10,13,18H,8-9,11-12,14-15H2,1-2H3,(H2,24,26,27);1H. The number of nitrogens with one attached hydrogen (secondary N) is 2. The third kappa shape index (κ3) is 7.13. The Morgan fingerprint density at radius 1 is 1.24 bits per heavy atom. The van der Waals surface area contributed by atoms with E-state index in [9.17, 15) is 0 Å². The zero-order chi connectivity index (χ0) is 22.2. The number of rotatable bonds is 8. The molecular formula is C23H29IN6O3. The normalized spacial score (nSPS) is 15.7. The number of hydrogen-bond acceptors (Lipinski definition) is 7. The Bertz CT molecular complexity index is 1040. The summed E-state index contributed by atoms with van der Waals surface area (Å²) < 4.78 is 16.9. The first-order valence-electron chi connectivity index (χ1n) is 10.7. The summed E-state index contributed by atoms with van der Waals surface area (Å²) in [5.41, 5.74) is 2.90. The highest BCUT2D eigenvalue weighted by Gasteiger charge is 2.19. The maximum Gasteiger partial charge on any atom is 0.276 e. The number of halogens is 1. The van der Waals surface area contributed by atoms with E-state index < -0.39 is 0 Å². The maximum absolute atomic E-state index is 6.17. The van der Waals surface area contributed by atoms with Crippen LogP contribution in [-0.2, 0) is 17.7 Å². The molecule has 1 unspecified atom stereocenters. The number of pyridine rings is 1. The van der Waals surface area contributed by atoms with Crippen LogP contribution in [0.4, 0.5) is 0 Å². The molecule has 3 aromatic rings. The van der Waals surface area contributed by atoms with Gasteiger partial charge in [0.1, 0.15) is 17.5 Å². The van der Waals surface area contributed by atoms with Gasteiger partial charge in [-0.25, -0.2) is 0 Å². The largest absolute Gasteiger partial charge is 0.488 e. The number of aryl methyl sites for hydroxylation is 1. The molecule has 0 spiro atoms. The molecule has 3 heterocycles. The summed E-state index contributed by atoms with van der Waals surface area (Å²) in [6.07, 6.45) is 3.32. The van der Waals surface area contributed by atoms with Crippen molar-refractivity contribution in [3.8, 4) is 17.3 Å². The van der Waals surface area contributed by atoms with Crippen molar-refractivity contribution in [1.29, 1.82) is 0 Å². The third-order valence-electron chi connectivity index (χ3n) is 5.07. The first kappa shape index (κ1) is 24.9. The van der Waals surface area contributed by atoms with Crippen molar-refractivity contribution in [2.24, 2.45) is 4.99 Å². The van der Waals surface area contributed by atoms with Crippen molar-refractivity contribution < 1.29 is 14.0 Å². The first-order chi connectivity index (χ1) is 15.7. The van der Waals surface area contributed by atoms with Crippen molar-refractivity contribution in [2.45, 2.75) is 32.4 Å². The van der Waals surface area contributed by atoms with Crippen LogP contribution in [0, 0.1) is 6.92 Å². The SMILES string of the molecule is CN=C(NCCc1noc(-c2ccccn2)n1)NCc1ccc(C)cc1OC1CCOC1.I. The second-order valence-electron chi connectivity index (χ2n) is 7.55. The molecule has 33 heavy (non-hydrogen) atoms. The Labute approximate surface area is 210 Å². The summed E-state index contributed by atoms with van der Waals surface area (Å²) in [5.74, 6) is 2.61. The quantitative estimate of drug-likeness (QED) is 0.244. The molecule has 10 heteroatoms. The fourth-order valence-electron chi connectivity index (χ4n) is 3.34. The van der Waals surface area contributed by atoms with Gasteiger partial charge in [0.05, 0.1) is 13.2 Å². The minimum absolute atomic E-state index is 0. The predicted molar refractivity (Wildman–Crippen MR) is 136 cm³/mol. The average molecular weight is 564 g/mol. The molecule has 1 aliphatic heterocycles. The van der Waals surface area contributed by atoms with Gasteiger partial charge in [0, 0.05) is 44.7 Å². The van der Waals surface area contributed by atoms with Gasteiger partial charge in [-0.2, -0.15) is 4.98 Å². The van der Waals surface area contributed by atoms with Gasteiger partial charge >= 0.3 is 0 Å². The van der Waals surface area contributed by atoms with Crippen LogP contribution in [0.2, 0.25) is 0 Å². The van der Waals surface area contributed by atoms with Gasteiger partial charge in [-0.15, -0.1) is 24.0 Å². The van der Waals surface area contributed by atoms with Crippen molar-refractivity contribution >= 4 is 29.9 Å². The molecule has 0 radical (unpaired) electrons. The number of aromatic nitrogens is 3. The molecule has 0 bridgehead atoms. The molecule has 1 fully saturated rings. The van der Waals surface area contributed by atoms with E-state index in [1.54, 1.807) is 13.2 Å². The number of hydrogen-bond donors (Lipinski definition) is 2. The highest BCUT2D eigenvalue weighted by Crippen LogP contribution is 2.23. The number of benzene rings is 1. The average Bonchev–Trinajstić information content (AvgIpc) is 3.50. The van der Waals surface area contributed by atoms with Crippen LogP contribution in [0.3, 0.4) is 0 Å². The Morgan fingerprint density at radius 2 is 2.15 bits per heavy atom. The lowest BCUT2D eigenvalue weighted by Gasteiger charge is -2.18. The van der Waals surface area contributed by atoms with E-state index in [0.29, 0.717) is 49.5 Å². The third-order valence-corrected chi connectivity index (χ3v) is 5.07. The molecule has 1 atom stereocenters. The summed E-state index contributed by atoms with van der Waals surface area (Å²) >= 11 is 0. The highest BCUT2D eigenvalue weighted by atomic mass is 127. The van der Waals surface area contributed by atoms with E-state index in [0.717, 1.165) is 29.9 Å². The topological polar surface area (TPSA) is 107 Å². The second-order valence-corrected chi connectivity index (χ2v) is 7.55. The summed E-state index contributed by atoms with van der Waals surface area (Å²) in [5, 5.41) is 10.6. The fraction of sp³-hybridized carbons (Fsp3) is 0.391. The molecule has 2 N–H and O–H groups in total. The Morgan fingerprint density at radius 3 is 2.91 bits per heavy atom. The van der Waals surface area contributed by atoms with Gasteiger partial charge in [0.15, 0.2) is 11.8 Å². The summed E-state index contributed by atoms with van der Waals surface area (Å²) in [6, 6.07) is 11.8. The smallest absolute Gasteiger partial charge is 0.276 e. The van der Waals surface area contributed by atoms with Crippen molar-refractivity contribution in [3.05, 3.63) is 59.5 Å². The van der Waals surface area contributed by atoms with Gasteiger partial charge in [0.2, 0.25) is 0 Å². The Hall–Kier alpha value is -2.73. The molecule has 1 aromatic carbocycles. The van der Waals surface area contributed by atoms with Crippen LogP contribution in [0.15, 0.2) is 52.1 Å². The summed E-state index contributed by atoms with van der Waals surface area (Å²) in [6.45, 7) is 4.66. The van der Waals surface area contributed by atoms with Crippen molar-refractivity contribution in [2.75, 3.05) is 26.8 Å².